The number of piperazine rings is 1. The van der Waals surface area contributed by atoms with Crippen molar-refractivity contribution in [3.05, 3.63) is 11.3 Å². The molecule has 1 amide bonds. The molecule has 0 spiro atoms. The highest BCUT2D eigenvalue weighted by Gasteiger charge is 2.26. The first-order valence-electron chi connectivity index (χ1n) is 9.27. The largest absolute Gasteiger partial charge is 0.481 e. The monoisotopic (exact) mass is 380 g/mol. The lowest BCUT2D eigenvalue weighted by Gasteiger charge is -2.36. The number of nitrogens with zero attached hydrogens (tertiary/aromatic N) is 5. The number of rotatable bonds is 4. The van der Waals surface area contributed by atoms with Crippen LogP contribution in [0.5, 0.6) is 5.88 Å². The van der Waals surface area contributed by atoms with Crippen molar-refractivity contribution in [2.75, 3.05) is 33.3 Å². The zero-order chi connectivity index (χ0) is 20.2. The summed E-state index contributed by atoms with van der Waals surface area (Å²) >= 11 is 0. The van der Waals surface area contributed by atoms with Crippen molar-refractivity contribution in [2.24, 2.45) is 17.8 Å². The zero-order valence-electron chi connectivity index (χ0n) is 17.3. The second-order valence-electron chi connectivity index (χ2n) is 7.54. The summed E-state index contributed by atoms with van der Waals surface area (Å²) in [4.78, 5) is 20.4. The van der Waals surface area contributed by atoms with Gasteiger partial charge in [0, 0.05) is 33.2 Å². The molecule has 1 fully saturated rings. The van der Waals surface area contributed by atoms with Crippen LogP contribution in [-0.4, -0.2) is 70.5 Å². The van der Waals surface area contributed by atoms with Gasteiger partial charge in [0.25, 0.3) is 0 Å². The number of aromatic nitrogens is 2. The maximum atomic E-state index is 12.1. The predicted molar refractivity (Wildman–Crippen MR) is 104 cm³/mol. The van der Waals surface area contributed by atoms with Gasteiger partial charge in [0.2, 0.25) is 5.88 Å². The first kappa shape index (κ1) is 20.9. The number of carbonyl (C=O) groups excluding carboxylic acids is 1. The molecule has 9 heteroatoms. The summed E-state index contributed by atoms with van der Waals surface area (Å²) in [7, 11) is 3.48. The van der Waals surface area contributed by atoms with Gasteiger partial charge in [-0.2, -0.15) is 5.10 Å². The van der Waals surface area contributed by atoms with E-state index in [0.717, 1.165) is 17.7 Å². The summed E-state index contributed by atoms with van der Waals surface area (Å²) in [5.74, 6) is 1.17. The first-order valence-corrected chi connectivity index (χ1v) is 9.27. The number of carbonyl (C=O) groups is 1. The molecule has 0 aliphatic carbocycles. The lowest BCUT2D eigenvalue weighted by atomic mass is 10.2. The molecule has 27 heavy (non-hydrogen) atoms. The van der Waals surface area contributed by atoms with Crippen LogP contribution in [0.15, 0.2) is 4.99 Å². The van der Waals surface area contributed by atoms with Gasteiger partial charge in [-0.3, -0.25) is 0 Å². The maximum absolute atomic E-state index is 12.1. The molecule has 0 atom stereocenters. The fraction of sp³-hybridized carbons (Fsp3) is 0.722. The minimum atomic E-state index is -0.492. The van der Waals surface area contributed by atoms with Gasteiger partial charge in [0.05, 0.1) is 24.9 Å². The smallest absolute Gasteiger partial charge is 0.410 e. The van der Waals surface area contributed by atoms with Crippen LogP contribution >= 0.6 is 0 Å². The van der Waals surface area contributed by atoms with E-state index in [1.54, 1.807) is 16.7 Å². The minimum Gasteiger partial charge on any atom is -0.481 e. The third-order valence-corrected chi connectivity index (χ3v) is 4.35. The molecule has 1 aromatic heterocycles. The van der Waals surface area contributed by atoms with Crippen LogP contribution in [0.25, 0.3) is 0 Å². The number of nitrogens with two attached hydrogens (primary N) is 1. The molecule has 0 radical (unpaired) electrons. The fourth-order valence-corrected chi connectivity index (χ4v) is 3.01. The van der Waals surface area contributed by atoms with E-state index in [4.69, 9.17) is 15.2 Å². The second-order valence-corrected chi connectivity index (χ2v) is 7.54. The Hall–Kier alpha value is -2.45. The Kier molecular flexibility index (Phi) is 6.56. The lowest BCUT2D eigenvalue weighted by Crippen LogP contribution is -2.53. The van der Waals surface area contributed by atoms with E-state index in [1.807, 2.05) is 39.6 Å². The number of aliphatic imine (C=N–C) groups is 1. The van der Waals surface area contributed by atoms with E-state index in [2.05, 4.69) is 10.1 Å². The highest BCUT2D eigenvalue weighted by molar-refractivity contribution is 5.78. The van der Waals surface area contributed by atoms with E-state index in [1.165, 1.54) is 0 Å². The number of aryl methyl sites for hydroxylation is 2. The molecule has 0 bridgehead atoms. The van der Waals surface area contributed by atoms with Gasteiger partial charge < -0.3 is 25.0 Å². The highest BCUT2D eigenvalue weighted by atomic mass is 16.6. The summed E-state index contributed by atoms with van der Waals surface area (Å²) in [6.07, 6.45) is 0.515. The van der Waals surface area contributed by atoms with E-state index in [0.29, 0.717) is 44.6 Å². The third-order valence-electron chi connectivity index (χ3n) is 4.35. The average molecular weight is 380 g/mol. The quantitative estimate of drug-likeness (QED) is 0.626. The molecule has 2 heterocycles. The Morgan fingerprint density at radius 2 is 1.81 bits per heavy atom. The van der Waals surface area contributed by atoms with Crippen LogP contribution in [0.1, 0.15) is 39.0 Å². The van der Waals surface area contributed by atoms with Crippen LogP contribution < -0.4 is 10.5 Å². The molecule has 152 valence electrons. The Labute approximate surface area is 161 Å². The maximum Gasteiger partial charge on any atom is 0.410 e. The zero-order valence-corrected chi connectivity index (χ0v) is 17.3. The van der Waals surface area contributed by atoms with Crippen molar-refractivity contribution in [3.8, 4) is 5.88 Å². The van der Waals surface area contributed by atoms with Crippen molar-refractivity contribution in [3.63, 3.8) is 0 Å². The third kappa shape index (κ3) is 5.27. The van der Waals surface area contributed by atoms with Crippen LogP contribution in [0.2, 0.25) is 0 Å². The first-order chi connectivity index (χ1) is 12.7. The van der Waals surface area contributed by atoms with E-state index in [9.17, 15) is 4.79 Å². The second kappa shape index (κ2) is 8.49. The topological polar surface area (TPSA) is 98.2 Å². The Balaban J connectivity index is 1.96. The molecule has 0 saturated carbocycles. The van der Waals surface area contributed by atoms with Gasteiger partial charge >= 0.3 is 6.09 Å². The molecule has 2 rings (SSSR count). The van der Waals surface area contributed by atoms with E-state index < -0.39 is 5.60 Å². The normalized spacial score (nSPS) is 15.9. The van der Waals surface area contributed by atoms with Crippen molar-refractivity contribution in [1.82, 2.24) is 19.6 Å². The number of hydrogen-bond acceptors (Lipinski definition) is 5. The summed E-state index contributed by atoms with van der Waals surface area (Å²) in [6, 6.07) is 0. The molecule has 2 N–H and O–H groups in total. The van der Waals surface area contributed by atoms with E-state index in [-0.39, 0.29) is 6.09 Å². The molecule has 0 aromatic carbocycles. The van der Waals surface area contributed by atoms with Crippen molar-refractivity contribution in [1.29, 1.82) is 0 Å². The number of guanidine groups is 1. The fourth-order valence-electron chi connectivity index (χ4n) is 3.01. The minimum absolute atomic E-state index is 0.287. The predicted octanol–water partition coefficient (Wildman–Crippen LogP) is 1.36. The SMILES string of the molecule is CCc1nn(C)c(OC)c1CN=C(N)N1CCN(C(=O)OC(C)(C)C)CC1. The Morgan fingerprint density at radius 3 is 2.33 bits per heavy atom. The molecule has 1 saturated heterocycles. The van der Waals surface area contributed by atoms with E-state index >= 15 is 0 Å². The standard InChI is InChI=1S/C18H32N6O3/c1-7-14-13(15(26-6)22(5)21-14)12-20-16(19)23-8-10-24(11-9-23)17(25)27-18(2,3)4/h7-12H2,1-6H3,(H2,19,20). The molecule has 1 aromatic rings. The van der Waals surface area contributed by atoms with Crippen molar-refractivity contribution >= 4 is 12.1 Å². The van der Waals surface area contributed by atoms with Gasteiger partial charge in [-0.1, -0.05) is 6.92 Å². The summed E-state index contributed by atoms with van der Waals surface area (Å²) in [5, 5.41) is 4.46. The average Bonchev–Trinajstić information content (AvgIpc) is 2.92. The van der Waals surface area contributed by atoms with Crippen LogP contribution in [0.4, 0.5) is 4.79 Å². The van der Waals surface area contributed by atoms with Crippen molar-refractivity contribution in [2.45, 2.75) is 46.3 Å². The van der Waals surface area contributed by atoms with Crippen LogP contribution in [-0.2, 0) is 24.8 Å². The number of amides is 1. The summed E-state index contributed by atoms with van der Waals surface area (Å²) < 4.78 is 12.6. The van der Waals surface area contributed by atoms with Gasteiger partial charge in [0.1, 0.15) is 5.60 Å². The molecule has 1 aliphatic rings. The number of hydrogen-bond donors (Lipinski definition) is 1. The van der Waals surface area contributed by atoms with Gasteiger partial charge in [-0.05, 0) is 27.2 Å². The van der Waals surface area contributed by atoms with Gasteiger partial charge in [0.15, 0.2) is 5.96 Å². The van der Waals surface area contributed by atoms with Gasteiger partial charge in [-0.25, -0.2) is 14.5 Å². The van der Waals surface area contributed by atoms with Crippen molar-refractivity contribution < 1.29 is 14.3 Å². The molecule has 0 unspecified atom stereocenters. The molecular weight excluding hydrogens is 348 g/mol. The Bertz CT molecular complexity index is 684. The lowest BCUT2D eigenvalue weighted by molar-refractivity contribution is 0.0186. The Morgan fingerprint density at radius 1 is 1.22 bits per heavy atom. The summed E-state index contributed by atoms with van der Waals surface area (Å²) in [6.45, 7) is 10.4. The molecule has 9 nitrogen and oxygen atoms in total. The number of methoxy groups -OCH3 is 1. The van der Waals surface area contributed by atoms with Gasteiger partial charge in [-0.15, -0.1) is 0 Å². The number of ether oxygens (including phenoxy) is 2. The molecule has 1 aliphatic heterocycles. The molecular formula is C18H32N6O3. The van der Waals surface area contributed by atoms with Crippen LogP contribution in [0.3, 0.4) is 0 Å². The highest BCUT2D eigenvalue weighted by Crippen LogP contribution is 2.23. The summed E-state index contributed by atoms with van der Waals surface area (Å²) in [5.41, 5.74) is 7.61. The van der Waals surface area contributed by atoms with Crippen LogP contribution in [0, 0.1) is 0 Å².